The van der Waals surface area contributed by atoms with Gasteiger partial charge in [0.15, 0.2) is 5.96 Å². The summed E-state index contributed by atoms with van der Waals surface area (Å²) in [6.45, 7) is 14.5. The van der Waals surface area contributed by atoms with Crippen LogP contribution in [-0.2, 0) is 9.47 Å². The van der Waals surface area contributed by atoms with Crippen LogP contribution in [0.3, 0.4) is 0 Å². The first-order valence-electron chi connectivity index (χ1n) is 9.60. The van der Waals surface area contributed by atoms with E-state index in [1.165, 1.54) is 12.8 Å². The number of nitrogens with zero attached hydrogens (tertiary/aromatic N) is 2. The average Bonchev–Trinajstić information content (AvgIpc) is 3.02. The van der Waals surface area contributed by atoms with E-state index in [-0.39, 0.29) is 29.4 Å². The van der Waals surface area contributed by atoms with Gasteiger partial charge in [-0.2, -0.15) is 0 Å². The fraction of sp³-hybridized carbons (Fsp3) is 0.947. The Morgan fingerprint density at radius 2 is 2.08 bits per heavy atom. The second-order valence-electron chi connectivity index (χ2n) is 8.25. The third-order valence-corrected chi connectivity index (χ3v) is 5.18. The maximum absolute atomic E-state index is 6.10. The molecule has 5 nitrogen and oxygen atoms in total. The lowest BCUT2D eigenvalue weighted by molar-refractivity contribution is -0.0836. The third-order valence-electron chi connectivity index (χ3n) is 5.18. The van der Waals surface area contributed by atoms with Crippen LogP contribution in [0.1, 0.15) is 47.0 Å². The van der Waals surface area contributed by atoms with Gasteiger partial charge in [-0.15, -0.1) is 24.0 Å². The molecule has 2 saturated heterocycles. The molecule has 0 aromatic carbocycles. The summed E-state index contributed by atoms with van der Waals surface area (Å²) >= 11 is 0. The van der Waals surface area contributed by atoms with Crippen molar-refractivity contribution in [2.24, 2.45) is 22.2 Å². The zero-order chi connectivity index (χ0) is 17.6. The molecule has 2 heterocycles. The minimum Gasteiger partial charge on any atom is -0.381 e. The molecule has 3 unspecified atom stereocenters. The number of nitrogens with one attached hydrogen (secondary N) is 1. The Labute approximate surface area is 171 Å². The normalized spacial score (nSPS) is 28.0. The number of aliphatic imine (C=N–C) groups is 1. The number of ether oxygens (including phenoxy) is 2. The van der Waals surface area contributed by atoms with Crippen molar-refractivity contribution in [3.63, 3.8) is 0 Å². The molecule has 0 aromatic heterocycles. The smallest absolute Gasteiger partial charge is 0.193 e. The molecule has 0 aromatic rings. The zero-order valence-electron chi connectivity index (χ0n) is 16.7. The van der Waals surface area contributed by atoms with Gasteiger partial charge in [0.2, 0.25) is 0 Å². The molecule has 2 fully saturated rings. The van der Waals surface area contributed by atoms with E-state index in [1.54, 1.807) is 0 Å². The zero-order valence-corrected chi connectivity index (χ0v) is 19.0. The number of halogens is 1. The quantitative estimate of drug-likeness (QED) is 0.383. The molecule has 1 N–H and O–H groups in total. The summed E-state index contributed by atoms with van der Waals surface area (Å²) in [5.74, 6) is 2.22. The Bertz CT molecular complexity index is 412. The Hall–Kier alpha value is -0.0800. The molecule has 6 heteroatoms. The molecule has 2 aliphatic heterocycles. The number of rotatable bonds is 5. The molecular formula is C19H38IN3O2. The summed E-state index contributed by atoms with van der Waals surface area (Å²) in [4.78, 5) is 6.88. The van der Waals surface area contributed by atoms with Gasteiger partial charge in [-0.3, -0.25) is 4.99 Å². The largest absolute Gasteiger partial charge is 0.381 e. The lowest BCUT2D eigenvalue weighted by Crippen LogP contribution is -2.48. The molecule has 2 aliphatic rings. The highest BCUT2D eigenvalue weighted by molar-refractivity contribution is 14.0. The van der Waals surface area contributed by atoms with E-state index < -0.39 is 0 Å². The molecule has 0 saturated carbocycles. The number of likely N-dealkylation sites (tertiary alicyclic amines) is 1. The topological polar surface area (TPSA) is 46.1 Å². The standard InChI is InChI=1S/C19H37N3O2.HI/c1-6-23-14-15-9-10-22(13-15)18(20-5)21-12-16-8-7-11-24-17(16)19(2,3)4;/h15-17H,6-14H2,1-5H3,(H,20,21);1H. The van der Waals surface area contributed by atoms with Crippen LogP contribution in [-0.4, -0.2) is 63.5 Å². The van der Waals surface area contributed by atoms with E-state index in [2.05, 4.69) is 42.9 Å². The third kappa shape index (κ3) is 6.86. The van der Waals surface area contributed by atoms with Crippen LogP contribution >= 0.6 is 24.0 Å². The fourth-order valence-electron chi connectivity index (χ4n) is 4.01. The molecule has 0 radical (unpaired) electrons. The molecule has 3 atom stereocenters. The first-order valence-corrected chi connectivity index (χ1v) is 9.60. The lowest BCUT2D eigenvalue weighted by Gasteiger charge is -2.40. The van der Waals surface area contributed by atoms with E-state index in [0.717, 1.165) is 51.8 Å². The van der Waals surface area contributed by atoms with Crippen molar-refractivity contribution in [2.45, 2.75) is 53.1 Å². The highest BCUT2D eigenvalue weighted by Gasteiger charge is 2.35. The van der Waals surface area contributed by atoms with E-state index in [0.29, 0.717) is 17.9 Å². The first kappa shape index (κ1) is 23.0. The molecule has 0 aliphatic carbocycles. The van der Waals surface area contributed by atoms with Gasteiger partial charge in [-0.1, -0.05) is 20.8 Å². The van der Waals surface area contributed by atoms with Crippen LogP contribution in [0.25, 0.3) is 0 Å². The highest BCUT2D eigenvalue weighted by Crippen LogP contribution is 2.33. The second-order valence-corrected chi connectivity index (χ2v) is 8.25. The van der Waals surface area contributed by atoms with Gasteiger partial charge in [0, 0.05) is 51.7 Å². The molecule has 2 rings (SSSR count). The van der Waals surface area contributed by atoms with Crippen molar-refractivity contribution in [2.75, 3.05) is 46.5 Å². The van der Waals surface area contributed by atoms with Crippen LogP contribution in [0.4, 0.5) is 0 Å². The molecule has 0 bridgehead atoms. The highest BCUT2D eigenvalue weighted by atomic mass is 127. The minimum absolute atomic E-state index is 0. The minimum atomic E-state index is 0. The van der Waals surface area contributed by atoms with Crippen molar-refractivity contribution in [3.05, 3.63) is 0 Å². The molecule has 148 valence electrons. The van der Waals surface area contributed by atoms with Crippen molar-refractivity contribution in [1.82, 2.24) is 10.2 Å². The van der Waals surface area contributed by atoms with Crippen molar-refractivity contribution in [1.29, 1.82) is 0 Å². The van der Waals surface area contributed by atoms with Crippen LogP contribution in [0.15, 0.2) is 4.99 Å². The fourth-order valence-corrected chi connectivity index (χ4v) is 4.01. The first-order chi connectivity index (χ1) is 11.5. The van der Waals surface area contributed by atoms with Crippen molar-refractivity contribution < 1.29 is 9.47 Å². The Balaban J connectivity index is 0.00000312. The van der Waals surface area contributed by atoms with E-state index in [4.69, 9.17) is 9.47 Å². The maximum atomic E-state index is 6.10. The predicted molar refractivity (Wildman–Crippen MR) is 115 cm³/mol. The molecular weight excluding hydrogens is 429 g/mol. The number of guanidine groups is 1. The van der Waals surface area contributed by atoms with Gasteiger partial charge >= 0.3 is 0 Å². The monoisotopic (exact) mass is 467 g/mol. The van der Waals surface area contributed by atoms with Crippen molar-refractivity contribution >= 4 is 29.9 Å². The van der Waals surface area contributed by atoms with Gasteiger partial charge in [0.1, 0.15) is 0 Å². The number of hydrogen-bond donors (Lipinski definition) is 1. The maximum Gasteiger partial charge on any atom is 0.193 e. The summed E-state index contributed by atoms with van der Waals surface area (Å²) < 4.78 is 11.7. The Kier molecular flexibility index (Phi) is 10.0. The molecule has 0 spiro atoms. The summed E-state index contributed by atoms with van der Waals surface area (Å²) in [6, 6.07) is 0. The van der Waals surface area contributed by atoms with Crippen LogP contribution in [0.2, 0.25) is 0 Å². The van der Waals surface area contributed by atoms with Gasteiger partial charge in [-0.05, 0) is 31.6 Å². The summed E-state index contributed by atoms with van der Waals surface area (Å²) in [7, 11) is 1.89. The van der Waals surface area contributed by atoms with Crippen LogP contribution in [0.5, 0.6) is 0 Å². The van der Waals surface area contributed by atoms with Crippen molar-refractivity contribution in [3.8, 4) is 0 Å². The molecule has 0 amide bonds. The van der Waals surface area contributed by atoms with Crippen LogP contribution in [0, 0.1) is 17.3 Å². The summed E-state index contributed by atoms with van der Waals surface area (Å²) in [5, 5.41) is 3.61. The molecule has 25 heavy (non-hydrogen) atoms. The number of hydrogen-bond acceptors (Lipinski definition) is 3. The van der Waals surface area contributed by atoms with Crippen LogP contribution < -0.4 is 5.32 Å². The second kappa shape index (κ2) is 10.9. The lowest BCUT2D eigenvalue weighted by atomic mass is 9.78. The predicted octanol–water partition coefficient (Wildman–Crippen LogP) is 3.38. The Morgan fingerprint density at radius 1 is 1.32 bits per heavy atom. The summed E-state index contributed by atoms with van der Waals surface area (Å²) in [6.07, 6.45) is 3.91. The SMILES string of the molecule is CCOCC1CCN(C(=NC)NCC2CCCOC2C(C)(C)C)C1.I. The summed E-state index contributed by atoms with van der Waals surface area (Å²) in [5.41, 5.74) is 0.187. The van der Waals surface area contributed by atoms with E-state index in [9.17, 15) is 0 Å². The van der Waals surface area contributed by atoms with Gasteiger partial charge in [0.25, 0.3) is 0 Å². The van der Waals surface area contributed by atoms with Gasteiger partial charge in [-0.25, -0.2) is 0 Å². The van der Waals surface area contributed by atoms with Gasteiger partial charge < -0.3 is 19.7 Å². The van der Waals surface area contributed by atoms with E-state index in [1.807, 2.05) is 7.05 Å². The van der Waals surface area contributed by atoms with E-state index >= 15 is 0 Å². The van der Waals surface area contributed by atoms with Gasteiger partial charge in [0.05, 0.1) is 12.7 Å². The Morgan fingerprint density at radius 3 is 2.72 bits per heavy atom. The average molecular weight is 467 g/mol.